The molecule has 1 aliphatic heterocycles. The number of nitrogens with two attached hydrogens (primary N) is 1. The molecule has 1 aromatic rings. The average Bonchev–Trinajstić information content (AvgIpc) is 2.54. The predicted molar refractivity (Wildman–Crippen MR) is 82.4 cm³/mol. The van der Waals surface area contributed by atoms with Gasteiger partial charge in [-0.05, 0) is 17.7 Å². The molecule has 0 aromatic heterocycles. The van der Waals surface area contributed by atoms with Gasteiger partial charge in [-0.15, -0.1) is 0 Å². The number of amides is 1. The Bertz CT molecular complexity index is 674. The van der Waals surface area contributed by atoms with E-state index < -0.39 is 11.8 Å². The van der Waals surface area contributed by atoms with Crippen molar-refractivity contribution < 1.29 is 19.0 Å². The Morgan fingerprint density at radius 2 is 2.17 bits per heavy atom. The van der Waals surface area contributed by atoms with Crippen LogP contribution in [0.25, 0.3) is 5.70 Å². The van der Waals surface area contributed by atoms with Gasteiger partial charge in [-0.3, -0.25) is 0 Å². The number of halogens is 1. The zero-order valence-electron chi connectivity index (χ0n) is 12.8. The van der Waals surface area contributed by atoms with Gasteiger partial charge in [0.15, 0.2) is 0 Å². The molecule has 0 atom stereocenters. The van der Waals surface area contributed by atoms with Crippen LogP contribution in [0.1, 0.15) is 24.0 Å². The summed E-state index contributed by atoms with van der Waals surface area (Å²) in [5.74, 6) is 0.379. The molecule has 0 spiro atoms. The van der Waals surface area contributed by atoms with Gasteiger partial charge in [-0.1, -0.05) is 6.07 Å². The molecule has 1 aromatic carbocycles. The molecule has 1 heterocycles. The summed E-state index contributed by atoms with van der Waals surface area (Å²) < 4.78 is 20.4. The Labute approximate surface area is 133 Å². The maximum Gasteiger partial charge on any atom is 0.407 e. The fourth-order valence-corrected chi connectivity index (χ4v) is 2.70. The molecule has 0 radical (unpaired) electrons. The number of carbonyl (C=O) groups is 1. The van der Waals surface area contributed by atoms with Gasteiger partial charge in [0, 0.05) is 37.6 Å². The van der Waals surface area contributed by atoms with E-state index in [0.29, 0.717) is 16.9 Å². The van der Waals surface area contributed by atoms with Crippen molar-refractivity contribution >= 4 is 11.8 Å². The molecule has 1 fully saturated rings. The molecule has 122 valence electrons. The van der Waals surface area contributed by atoms with Gasteiger partial charge in [0.2, 0.25) is 0 Å². The van der Waals surface area contributed by atoms with Crippen molar-refractivity contribution in [3.8, 4) is 11.8 Å². The number of piperidine rings is 1. The van der Waals surface area contributed by atoms with Crippen molar-refractivity contribution in [2.24, 2.45) is 5.73 Å². The maximum atomic E-state index is 15.2. The van der Waals surface area contributed by atoms with Crippen molar-refractivity contribution in [2.75, 3.05) is 20.2 Å². The standard InChI is InChI=1S/C16H18FN3O3/c1-23-14-10-11(2-3-12(14)13(19)4-7-18)16(17)5-8-20(9-6-16)15(21)22/h2-4,10H,5-6,8-9,19H2,1H3,(H,21,22)/b13-4-. The number of benzene rings is 1. The van der Waals surface area contributed by atoms with Crippen molar-refractivity contribution in [2.45, 2.75) is 18.5 Å². The van der Waals surface area contributed by atoms with Gasteiger partial charge in [0.1, 0.15) is 11.4 Å². The molecule has 1 aliphatic rings. The van der Waals surface area contributed by atoms with Crippen molar-refractivity contribution in [3.05, 3.63) is 35.4 Å². The van der Waals surface area contributed by atoms with Gasteiger partial charge in [-0.25, -0.2) is 9.18 Å². The molecule has 7 heteroatoms. The number of nitriles is 1. The van der Waals surface area contributed by atoms with Crippen LogP contribution in [0.4, 0.5) is 9.18 Å². The highest BCUT2D eigenvalue weighted by Gasteiger charge is 2.38. The van der Waals surface area contributed by atoms with E-state index in [1.54, 1.807) is 18.2 Å². The summed E-state index contributed by atoms with van der Waals surface area (Å²) in [7, 11) is 1.44. The molecular formula is C16H18FN3O3. The highest BCUT2D eigenvalue weighted by atomic mass is 19.1. The highest BCUT2D eigenvalue weighted by molar-refractivity contribution is 5.70. The van der Waals surface area contributed by atoms with Crippen LogP contribution in [0.15, 0.2) is 24.3 Å². The first-order valence-corrected chi connectivity index (χ1v) is 7.12. The molecule has 0 saturated carbocycles. The third kappa shape index (κ3) is 3.37. The van der Waals surface area contributed by atoms with E-state index in [2.05, 4.69) is 0 Å². The molecule has 23 heavy (non-hydrogen) atoms. The minimum absolute atomic E-state index is 0.0886. The summed E-state index contributed by atoms with van der Waals surface area (Å²) in [6.45, 7) is 0.290. The van der Waals surface area contributed by atoms with Gasteiger partial charge in [-0.2, -0.15) is 5.26 Å². The Morgan fingerprint density at radius 3 is 2.70 bits per heavy atom. The monoisotopic (exact) mass is 319 g/mol. The lowest BCUT2D eigenvalue weighted by molar-refractivity contribution is 0.0550. The molecule has 2 rings (SSSR count). The minimum Gasteiger partial charge on any atom is -0.496 e. The SMILES string of the molecule is COc1cc(C2(F)CCN(C(=O)O)CC2)ccc1/C(N)=C/C#N. The number of hydrogen-bond acceptors (Lipinski definition) is 4. The second kappa shape index (κ2) is 6.57. The quantitative estimate of drug-likeness (QED) is 0.834. The predicted octanol–water partition coefficient (Wildman–Crippen LogP) is 2.46. The molecule has 0 unspecified atom stereocenters. The van der Waals surface area contributed by atoms with Crippen LogP contribution < -0.4 is 10.5 Å². The fourth-order valence-electron chi connectivity index (χ4n) is 2.70. The second-order valence-electron chi connectivity index (χ2n) is 5.38. The normalized spacial score (nSPS) is 17.4. The van der Waals surface area contributed by atoms with Crippen molar-refractivity contribution in [3.63, 3.8) is 0 Å². The van der Waals surface area contributed by atoms with E-state index in [4.69, 9.17) is 20.8 Å². The number of rotatable bonds is 3. The summed E-state index contributed by atoms with van der Waals surface area (Å²) in [4.78, 5) is 12.1. The number of hydrogen-bond donors (Lipinski definition) is 2. The Kier molecular flexibility index (Phi) is 4.74. The zero-order valence-corrected chi connectivity index (χ0v) is 12.8. The number of carboxylic acid groups (broad SMARTS) is 1. The molecule has 1 saturated heterocycles. The lowest BCUT2D eigenvalue weighted by Gasteiger charge is -2.35. The third-order valence-corrected chi connectivity index (χ3v) is 4.08. The van der Waals surface area contributed by atoms with Crippen LogP contribution in [0.5, 0.6) is 5.75 Å². The zero-order chi connectivity index (χ0) is 17.0. The van der Waals surface area contributed by atoms with Crippen molar-refractivity contribution in [1.29, 1.82) is 5.26 Å². The maximum absolute atomic E-state index is 15.2. The van der Waals surface area contributed by atoms with E-state index in [1.807, 2.05) is 6.07 Å². The first kappa shape index (κ1) is 16.6. The molecular weight excluding hydrogens is 301 g/mol. The van der Waals surface area contributed by atoms with Crippen LogP contribution in [-0.4, -0.2) is 36.3 Å². The summed E-state index contributed by atoms with van der Waals surface area (Å²) in [5, 5.41) is 17.6. The van der Waals surface area contributed by atoms with Gasteiger partial charge < -0.3 is 20.5 Å². The summed E-state index contributed by atoms with van der Waals surface area (Å²) in [5.41, 5.74) is 5.36. The third-order valence-electron chi connectivity index (χ3n) is 4.08. The average molecular weight is 319 g/mol. The molecule has 0 bridgehead atoms. The van der Waals surface area contributed by atoms with Crippen LogP contribution in [0.2, 0.25) is 0 Å². The number of methoxy groups -OCH3 is 1. The summed E-state index contributed by atoms with van der Waals surface area (Å²) in [6, 6.07) is 6.62. The molecule has 3 N–H and O–H groups in total. The number of alkyl halides is 1. The Balaban J connectivity index is 2.29. The minimum atomic E-state index is -1.61. The topological polar surface area (TPSA) is 99.6 Å². The second-order valence-corrected chi connectivity index (χ2v) is 5.38. The smallest absolute Gasteiger partial charge is 0.407 e. The first-order valence-electron chi connectivity index (χ1n) is 7.12. The van der Waals surface area contributed by atoms with Gasteiger partial charge in [0.25, 0.3) is 0 Å². The van der Waals surface area contributed by atoms with Gasteiger partial charge >= 0.3 is 6.09 Å². The lowest BCUT2D eigenvalue weighted by atomic mass is 9.85. The number of likely N-dealkylation sites (tertiary alicyclic amines) is 1. The summed E-state index contributed by atoms with van der Waals surface area (Å²) in [6.07, 6.45) is 0.333. The summed E-state index contributed by atoms with van der Waals surface area (Å²) >= 11 is 0. The fraction of sp³-hybridized carbons (Fsp3) is 0.375. The van der Waals surface area contributed by atoms with Crippen LogP contribution in [0.3, 0.4) is 0 Å². The van der Waals surface area contributed by atoms with Crippen LogP contribution in [-0.2, 0) is 5.67 Å². The number of nitrogens with zero attached hydrogens (tertiary/aromatic N) is 2. The number of ether oxygens (including phenoxy) is 1. The Morgan fingerprint density at radius 1 is 1.52 bits per heavy atom. The van der Waals surface area contributed by atoms with E-state index in [0.717, 1.165) is 0 Å². The van der Waals surface area contributed by atoms with Crippen molar-refractivity contribution in [1.82, 2.24) is 4.90 Å². The van der Waals surface area contributed by atoms with Crippen LogP contribution in [0, 0.1) is 11.3 Å². The first-order chi connectivity index (χ1) is 10.9. The number of allylic oxidation sites excluding steroid dienone is 1. The lowest BCUT2D eigenvalue weighted by Crippen LogP contribution is -2.42. The van der Waals surface area contributed by atoms with E-state index >= 15 is 4.39 Å². The van der Waals surface area contributed by atoms with Crippen LogP contribution >= 0.6 is 0 Å². The molecule has 6 nitrogen and oxygen atoms in total. The van der Waals surface area contributed by atoms with E-state index in [1.165, 1.54) is 18.1 Å². The van der Waals surface area contributed by atoms with E-state index in [9.17, 15) is 4.79 Å². The van der Waals surface area contributed by atoms with Gasteiger partial charge in [0.05, 0.1) is 18.9 Å². The largest absolute Gasteiger partial charge is 0.496 e. The van der Waals surface area contributed by atoms with E-state index in [-0.39, 0.29) is 31.6 Å². The highest BCUT2D eigenvalue weighted by Crippen LogP contribution is 2.39. The molecule has 0 aliphatic carbocycles. The Hall–Kier alpha value is -2.75. The molecule has 1 amide bonds.